The van der Waals surface area contributed by atoms with Crippen molar-refractivity contribution in [1.82, 2.24) is 0 Å². The molecule has 1 aliphatic rings. The fourth-order valence-electron chi connectivity index (χ4n) is 2.99. The maximum atomic E-state index is 12.6. The van der Waals surface area contributed by atoms with Gasteiger partial charge in [-0.05, 0) is 66.1 Å². The molecule has 0 saturated heterocycles. The number of nitrogens with one attached hydrogen (secondary N) is 1. The van der Waals surface area contributed by atoms with Crippen LogP contribution in [0.5, 0.6) is 17.2 Å². The van der Waals surface area contributed by atoms with Crippen LogP contribution in [-0.2, 0) is 6.42 Å². The zero-order valence-corrected chi connectivity index (χ0v) is 15.6. The fourth-order valence-corrected chi connectivity index (χ4v) is 3.89. The second kappa shape index (κ2) is 7.32. The van der Waals surface area contributed by atoms with Crippen LogP contribution in [-0.4, -0.2) is 24.2 Å². The minimum absolute atomic E-state index is 0.163. The van der Waals surface area contributed by atoms with E-state index in [0.29, 0.717) is 18.1 Å². The third-order valence-electron chi connectivity index (χ3n) is 4.37. The Hall–Kier alpha value is -2.99. The van der Waals surface area contributed by atoms with Gasteiger partial charge in [0.1, 0.15) is 19.0 Å². The third kappa shape index (κ3) is 3.61. The summed E-state index contributed by atoms with van der Waals surface area (Å²) in [6, 6.07) is 14.5. The van der Waals surface area contributed by atoms with Crippen LogP contribution in [0.3, 0.4) is 0 Å². The molecule has 2 N–H and O–H groups in total. The zero-order chi connectivity index (χ0) is 18.8. The van der Waals surface area contributed by atoms with Crippen molar-refractivity contribution in [1.29, 1.82) is 0 Å². The van der Waals surface area contributed by atoms with Gasteiger partial charge in [-0.15, -0.1) is 11.3 Å². The smallest absolute Gasteiger partial charge is 0.265 e. The van der Waals surface area contributed by atoms with Crippen LogP contribution in [0.15, 0.2) is 48.5 Å². The van der Waals surface area contributed by atoms with E-state index in [9.17, 15) is 9.90 Å². The van der Waals surface area contributed by atoms with E-state index >= 15 is 0 Å². The summed E-state index contributed by atoms with van der Waals surface area (Å²) < 4.78 is 11.2. The normalized spacial score (nSPS) is 12.6. The van der Waals surface area contributed by atoms with Crippen molar-refractivity contribution >= 4 is 22.9 Å². The van der Waals surface area contributed by atoms with Crippen LogP contribution < -0.4 is 14.8 Å². The number of aromatic hydroxyl groups is 1. The Balaban J connectivity index is 1.55. The number of benzene rings is 2. The summed E-state index contributed by atoms with van der Waals surface area (Å²) in [5.41, 5.74) is 2.60. The van der Waals surface area contributed by atoms with E-state index in [1.807, 2.05) is 37.3 Å². The van der Waals surface area contributed by atoms with Gasteiger partial charge in [0.05, 0.1) is 4.88 Å². The number of thiophene rings is 1. The van der Waals surface area contributed by atoms with Crippen LogP contribution in [0.1, 0.15) is 22.2 Å². The Morgan fingerprint density at radius 3 is 2.70 bits per heavy atom. The molecule has 0 fully saturated rings. The number of ether oxygens (including phenoxy) is 2. The van der Waals surface area contributed by atoms with Gasteiger partial charge in [0.25, 0.3) is 5.91 Å². The second-order valence-electron chi connectivity index (χ2n) is 6.17. The zero-order valence-electron chi connectivity index (χ0n) is 14.8. The number of aryl methyl sites for hydroxylation is 1. The predicted molar refractivity (Wildman–Crippen MR) is 106 cm³/mol. The minimum atomic E-state index is -0.163. The molecule has 1 aromatic heterocycles. The summed E-state index contributed by atoms with van der Waals surface area (Å²) in [7, 11) is 0. The number of amides is 1. The molecule has 27 heavy (non-hydrogen) atoms. The largest absolute Gasteiger partial charge is 0.508 e. The summed E-state index contributed by atoms with van der Waals surface area (Å²) in [6.07, 6.45) is 0.719. The lowest BCUT2D eigenvalue weighted by atomic mass is 10.1. The molecule has 6 heteroatoms. The van der Waals surface area contributed by atoms with Gasteiger partial charge in [-0.2, -0.15) is 0 Å². The summed E-state index contributed by atoms with van der Waals surface area (Å²) in [6.45, 7) is 3.09. The molecule has 138 valence electrons. The van der Waals surface area contributed by atoms with E-state index in [4.69, 9.17) is 9.47 Å². The molecule has 4 rings (SSSR count). The Bertz CT molecular complexity index is 996. The van der Waals surface area contributed by atoms with Gasteiger partial charge in [-0.25, -0.2) is 0 Å². The van der Waals surface area contributed by atoms with Gasteiger partial charge in [0, 0.05) is 10.6 Å². The highest BCUT2D eigenvalue weighted by Gasteiger charge is 2.16. The lowest BCUT2D eigenvalue weighted by molar-refractivity contribution is 0.103. The number of hydrogen-bond donors (Lipinski definition) is 2. The molecule has 0 saturated carbocycles. The number of phenols is 1. The standard InChI is InChI=1S/C21H19NO4S/c1-2-13-11-15(23)4-5-16(13)22-21(24)20-8-7-19(27-20)14-3-6-17-18(12-14)26-10-9-25-17/h3-8,11-12,23H,2,9-10H2,1H3,(H,22,24). The fraction of sp³-hybridized carbons (Fsp3) is 0.190. The van der Waals surface area contributed by atoms with E-state index in [1.165, 1.54) is 11.3 Å². The van der Waals surface area contributed by atoms with Crippen LogP contribution in [0.25, 0.3) is 10.4 Å². The first-order chi connectivity index (χ1) is 13.1. The Labute approximate surface area is 161 Å². The highest BCUT2D eigenvalue weighted by atomic mass is 32.1. The molecule has 0 radical (unpaired) electrons. The highest BCUT2D eigenvalue weighted by Crippen LogP contribution is 2.37. The first kappa shape index (κ1) is 17.4. The highest BCUT2D eigenvalue weighted by molar-refractivity contribution is 7.17. The molecule has 5 nitrogen and oxygen atoms in total. The van der Waals surface area contributed by atoms with E-state index in [-0.39, 0.29) is 11.7 Å². The number of rotatable bonds is 4. The summed E-state index contributed by atoms with van der Waals surface area (Å²) in [5.74, 6) is 1.51. The number of carbonyl (C=O) groups is 1. The van der Waals surface area contributed by atoms with E-state index in [2.05, 4.69) is 5.32 Å². The monoisotopic (exact) mass is 381 g/mol. The van der Waals surface area contributed by atoms with Crippen molar-refractivity contribution in [3.05, 3.63) is 59.0 Å². The van der Waals surface area contributed by atoms with Crippen molar-refractivity contribution in [2.75, 3.05) is 18.5 Å². The van der Waals surface area contributed by atoms with E-state index in [0.717, 1.165) is 39.6 Å². The predicted octanol–water partition coefficient (Wildman–Crippen LogP) is 4.71. The average Bonchev–Trinajstić information content (AvgIpc) is 3.19. The van der Waals surface area contributed by atoms with Crippen molar-refractivity contribution in [2.45, 2.75) is 13.3 Å². The average molecular weight is 381 g/mol. The molecule has 0 bridgehead atoms. The van der Waals surface area contributed by atoms with Crippen LogP contribution >= 0.6 is 11.3 Å². The van der Waals surface area contributed by atoms with Gasteiger partial charge in [-0.1, -0.05) is 6.92 Å². The number of anilines is 1. The number of carbonyl (C=O) groups excluding carboxylic acids is 1. The van der Waals surface area contributed by atoms with Crippen LogP contribution in [0.2, 0.25) is 0 Å². The number of hydrogen-bond acceptors (Lipinski definition) is 5. The molecular weight excluding hydrogens is 362 g/mol. The maximum absolute atomic E-state index is 12.6. The Morgan fingerprint density at radius 2 is 1.89 bits per heavy atom. The Kier molecular flexibility index (Phi) is 4.73. The summed E-state index contributed by atoms with van der Waals surface area (Å²) in [4.78, 5) is 14.2. The molecule has 0 spiro atoms. The molecule has 1 amide bonds. The van der Waals surface area contributed by atoms with Crippen molar-refractivity contribution in [2.24, 2.45) is 0 Å². The molecule has 0 atom stereocenters. The quantitative estimate of drug-likeness (QED) is 0.643. The summed E-state index contributed by atoms with van der Waals surface area (Å²) >= 11 is 1.42. The third-order valence-corrected chi connectivity index (χ3v) is 5.51. The van der Waals surface area contributed by atoms with E-state index in [1.54, 1.807) is 18.2 Å². The van der Waals surface area contributed by atoms with Crippen LogP contribution in [0, 0.1) is 0 Å². The lowest BCUT2D eigenvalue weighted by Crippen LogP contribution is -2.15. The summed E-state index contributed by atoms with van der Waals surface area (Å²) in [5, 5.41) is 12.5. The topological polar surface area (TPSA) is 67.8 Å². The molecule has 2 heterocycles. The molecule has 3 aromatic rings. The first-order valence-electron chi connectivity index (χ1n) is 8.77. The maximum Gasteiger partial charge on any atom is 0.265 e. The molecule has 0 unspecified atom stereocenters. The second-order valence-corrected chi connectivity index (χ2v) is 7.26. The van der Waals surface area contributed by atoms with Gasteiger partial charge in [0.2, 0.25) is 0 Å². The van der Waals surface area contributed by atoms with Crippen molar-refractivity contribution < 1.29 is 19.4 Å². The van der Waals surface area contributed by atoms with Gasteiger partial charge in [-0.3, -0.25) is 4.79 Å². The Morgan fingerprint density at radius 1 is 1.07 bits per heavy atom. The molecule has 1 aliphatic heterocycles. The van der Waals surface area contributed by atoms with Crippen LogP contribution in [0.4, 0.5) is 5.69 Å². The number of fused-ring (bicyclic) bond motifs is 1. The van der Waals surface area contributed by atoms with Gasteiger partial charge in [0.15, 0.2) is 11.5 Å². The van der Waals surface area contributed by atoms with Crippen molar-refractivity contribution in [3.8, 4) is 27.7 Å². The molecule has 0 aliphatic carbocycles. The van der Waals surface area contributed by atoms with E-state index < -0.39 is 0 Å². The van der Waals surface area contributed by atoms with Crippen molar-refractivity contribution in [3.63, 3.8) is 0 Å². The molecular formula is C21H19NO4S. The first-order valence-corrected chi connectivity index (χ1v) is 9.59. The van der Waals surface area contributed by atoms with Gasteiger partial charge < -0.3 is 19.9 Å². The lowest BCUT2D eigenvalue weighted by Gasteiger charge is -2.18. The SMILES string of the molecule is CCc1cc(O)ccc1NC(=O)c1ccc(-c2ccc3c(c2)OCCO3)s1. The minimum Gasteiger partial charge on any atom is -0.508 e. The molecule has 2 aromatic carbocycles. The number of phenolic OH excluding ortho intramolecular Hbond substituents is 1. The van der Waals surface area contributed by atoms with Gasteiger partial charge >= 0.3 is 0 Å².